The molecule has 0 atom stereocenters. The number of nitrogens with zero attached hydrogens (tertiary/aromatic N) is 3. The van der Waals surface area contributed by atoms with Crippen molar-refractivity contribution in [3.63, 3.8) is 0 Å². The summed E-state index contributed by atoms with van der Waals surface area (Å²) in [5.74, 6) is 0.279. The Labute approximate surface area is 161 Å². The van der Waals surface area contributed by atoms with Crippen LogP contribution in [0.3, 0.4) is 0 Å². The summed E-state index contributed by atoms with van der Waals surface area (Å²) < 4.78 is 3.74. The molecule has 0 aliphatic rings. The largest absolute Gasteiger partial charge is 0.356 e. The number of benzene rings is 2. The molecule has 0 radical (unpaired) electrons. The first kappa shape index (κ1) is 19.6. The lowest BCUT2D eigenvalue weighted by Gasteiger charge is -2.02. The lowest BCUT2D eigenvalue weighted by molar-refractivity contribution is -0.642. The maximum absolute atomic E-state index is 12.6. The maximum Gasteiger partial charge on any atom is 0.356 e. The van der Waals surface area contributed by atoms with Gasteiger partial charge in [-0.05, 0) is 18.6 Å². The van der Waals surface area contributed by atoms with Crippen LogP contribution in [0.4, 0.5) is 11.6 Å². The molecule has 136 valence electrons. The molecule has 0 unspecified atom stereocenters. The number of para-hydroxylation sites is 2. The fraction of sp³-hybridized carbons (Fsp3) is 0.222. The first-order valence-electron chi connectivity index (χ1n) is 8.07. The van der Waals surface area contributed by atoms with Gasteiger partial charge >= 0.3 is 5.95 Å². The van der Waals surface area contributed by atoms with E-state index in [-0.39, 0.29) is 35.0 Å². The van der Waals surface area contributed by atoms with Gasteiger partial charge in [-0.15, -0.1) is 17.0 Å². The highest BCUT2D eigenvalue weighted by Crippen LogP contribution is 2.18. The van der Waals surface area contributed by atoms with E-state index in [9.17, 15) is 14.9 Å². The SMILES string of the molecule is Br.CCCn1c(N)[n+](CC(=O)c2cccc([N+](=O)[O-])c2)c2ccccc21. The number of halogens is 1. The molecule has 0 spiro atoms. The molecule has 0 aliphatic heterocycles. The number of carbonyl (C=O) groups excluding carboxylic acids is 1. The van der Waals surface area contributed by atoms with Crippen molar-refractivity contribution in [2.45, 2.75) is 26.4 Å². The Morgan fingerprint density at radius 2 is 1.96 bits per heavy atom. The number of Topliss-reactive ketones (excluding diaryl/α,β-unsaturated/α-hetero) is 1. The number of anilines is 1. The van der Waals surface area contributed by atoms with Crippen molar-refractivity contribution >= 4 is 45.4 Å². The fourth-order valence-corrected chi connectivity index (χ4v) is 2.97. The Hall–Kier alpha value is -2.74. The van der Waals surface area contributed by atoms with Gasteiger partial charge < -0.3 is 0 Å². The molecule has 26 heavy (non-hydrogen) atoms. The molecule has 2 aromatic carbocycles. The topological polar surface area (TPSA) is 95.0 Å². The number of hydrogen-bond donors (Lipinski definition) is 1. The molecule has 0 bridgehead atoms. The number of nitrogens with two attached hydrogens (primary N) is 1. The van der Waals surface area contributed by atoms with E-state index in [2.05, 4.69) is 6.92 Å². The van der Waals surface area contributed by atoms with Crippen molar-refractivity contribution in [3.8, 4) is 0 Å². The molecule has 1 heterocycles. The van der Waals surface area contributed by atoms with Gasteiger partial charge in [0.15, 0.2) is 5.78 Å². The summed E-state index contributed by atoms with van der Waals surface area (Å²) in [6.07, 6.45) is 0.918. The van der Waals surface area contributed by atoms with Crippen LogP contribution in [0.1, 0.15) is 23.7 Å². The zero-order valence-corrected chi connectivity index (χ0v) is 16.0. The second-order valence-corrected chi connectivity index (χ2v) is 5.82. The Morgan fingerprint density at radius 3 is 2.65 bits per heavy atom. The van der Waals surface area contributed by atoms with E-state index in [0.29, 0.717) is 11.5 Å². The van der Waals surface area contributed by atoms with Gasteiger partial charge in [-0.3, -0.25) is 20.6 Å². The third-order valence-electron chi connectivity index (χ3n) is 4.14. The number of nitro benzene ring substituents is 1. The lowest BCUT2D eigenvalue weighted by Crippen LogP contribution is -2.40. The van der Waals surface area contributed by atoms with Gasteiger partial charge in [0, 0.05) is 17.7 Å². The smallest absolute Gasteiger partial charge is 0.291 e. The number of aryl methyl sites for hydroxylation is 1. The van der Waals surface area contributed by atoms with Gasteiger partial charge in [-0.1, -0.05) is 31.2 Å². The maximum atomic E-state index is 12.6. The van der Waals surface area contributed by atoms with E-state index in [1.165, 1.54) is 18.2 Å². The second-order valence-electron chi connectivity index (χ2n) is 5.82. The minimum absolute atomic E-state index is 0. The van der Waals surface area contributed by atoms with Crippen LogP contribution in [0.5, 0.6) is 0 Å². The van der Waals surface area contributed by atoms with Gasteiger partial charge in [0.1, 0.15) is 17.6 Å². The average molecular weight is 420 g/mol. The molecule has 3 aromatic rings. The Morgan fingerprint density at radius 1 is 1.23 bits per heavy atom. The molecule has 2 N–H and O–H groups in total. The monoisotopic (exact) mass is 419 g/mol. The van der Waals surface area contributed by atoms with Crippen molar-refractivity contribution in [1.29, 1.82) is 0 Å². The molecule has 3 rings (SSSR count). The zero-order valence-electron chi connectivity index (χ0n) is 14.3. The number of aromatic nitrogens is 2. The van der Waals surface area contributed by atoms with Gasteiger partial charge in [-0.25, -0.2) is 9.13 Å². The highest BCUT2D eigenvalue weighted by molar-refractivity contribution is 8.93. The fourth-order valence-electron chi connectivity index (χ4n) is 2.97. The van der Waals surface area contributed by atoms with Crippen LogP contribution in [0.15, 0.2) is 48.5 Å². The van der Waals surface area contributed by atoms with Crippen LogP contribution < -0.4 is 10.3 Å². The van der Waals surface area contributed by atoms with Gasteiger partial charge in [0.05, 0.1) is 11.5 Å². The summed E-state index contributed by atoms with van der Waals surface area (Å²) in [6, 6.07) is 13.5. The van der Waals surface area contributed by atoms with E-state index in [1.54, 1.807) is 10.6 Å². The van der Waals surface area contributed by atoms with Crippen LogP contribution in [0, 0.1) is 10.1 Å². The van der Waals surface area contributed by atoms with E-state index >= 15 is 0 Å². The van der Waals surface area contributed by atoms with Crippen molar-refractivity contribution in [2.24, 2.45) is 0 Å². The molecular formula is C18H20BrN4O3+. The molecule has 0 amide bonds. The highest BCUT2D eigenvalue weighted by Gasteiger charge is 2.23. The summed E-state index contributed by atoms with van der Waals surface area (Å²) in [6.45, 7) is 2.85. The van der Waals surface area contributed by atoms with E-state index in [0.717, 1.165) is 24.0 Å². The average Bonchev–Trinajstić information content (AvgIpc) is 2.88. The van der Waals surface area contributed by atoms with Crippen molar-refractivity contribution < 1.29 is 14.3 Å². The van der Waals surface area contributed by atoms with E-state index in [4.69, 9.17) is 5.73 Å². The first-order valence-corrected chi connectivity index (χ1v) is 8.07. The van der Waals surface area contributed by atoms with Crippen LogP contribution in [-0.4, -0.2) is 15.3 Å². The molecule has 1 aromatic heterocycles. The molecule has 0 saturated carbocycles. The number of nitro groups is 1. The van der Waals surface area contributed by atoms with E-state index < -0.39 is 4.92 Å². The normalized spacial score (nSPS) is 10.5. The molecular weight excluding hydrogens is 400 g/mol. The minimum Gasteiger partial charge on any atom is -0.291 e. The van der Waals surface area contributed by atoms with Crippen LogP contribution in [0.25, 0.3) is 11.0 Å². The van der Waals surface area contributed by atoms with Crippen LogP contribution >= 0.6 is 17.0 Å². The molecule has 8 heteroatoms. The van der Waals surface area contributed by atoms with Gasteiger partial charge in [0.2, 0.25) is 0 Å². The molecule has 0 aliphatic carbocycles. The summed E-state index contributed by atoms with van der Waals surface area (Å²) in [5.41, 5.74) is 8.31. The van der Waals surface area contributed by atoms with Crippen molar-refractivity contribution in [1.82, 2.24) is 4.57 Å². The predicted molar refractivity (Wildman–Crippen MR) is 105 cm³/mol. The Bertz CT molecular complexity index is 968. The molecule has 0 fully saturated rings. The Kier molecular flexibility index (Phi) is 6.10. The standard InChI is InChI=1S/C18H18N4O3.BrH/c1-2-10-20-15-8-3-4-9-16(15)21(18(20)19)12-17(23)13-6-5-7-14(11-13)22(24)25;/h3-9,11,19H,2,10,12H2,1H3;1H/p+1. The first-order chi connectivity index (χ1) is 12.0. The van der Waals surface area contributed by atoms with Crippen LogP contribution in [-0.2, 0) is 13.1 Å². The number of non-ortho nitro benzene ring substituents is 1. The Balaban J connectivity index is 0.00000243. The highest BCUT2D eigenvalue weighted by atomic mass is 79.9. The zero-order chi connectivity index (χ0) is 18.0. The minimum atomic E-state index is -0.509. The van der Waals surface area contributed by atoms with Gasteiger partial charge in [-0.2, -0.15) is 0 Å². The number of rotatable bonds is 6. The third-order valence-corrected chi connectivity index (χ3v) is 4.14. The van der Waals surface area contributed by atoms with E-state index in [1.807, 2.05) is 28.8 Å². The van der Waals surface area contributed by atoms with Gasteiger partial charge in [0.25, 0.3) is 5.69 Å². The second kappa shape index (κ2) is 8.09. The van der Waals surface area contributed by atoms with Crippen LogP contribution in [0.2, 0.25) is 0 Å². The summed E-state index contributed by atoms with van der Waals surface area (Å²) in [4.78, 5) is 23.0. The number of nitrogen functional groups attached to an aromatic ring is 1. The molecule has 7 nitrogen and oxygen atoms in total. The summed E-state index contributed by atoms with van der Waals surface area (Å²) in [7, 11) is 0. The predicted octanol–water partition coefficient (Wildman–Crippen LogP) is 3.29. The van der Waals surface area contributed by atoms with Crippen molar-refractivity contribution in [2.75, 3.05) is 5.73 Å². The third kappa shape index (κ3) is 3.60. The number of hydrogen-bond acceptors (Lipinski definition) is 4. The number of carbonyl (C=O) groups is 1. The molecule has 0 saturated heterocycles. The van der Waals surface area contributed by atoms with Crippen molar-refractivity contribution in [3.05, 3.63) is 64.2 Å². The number of ketones is 1. The number of imidazole rings is 1. The lowest BCUT2D eigenvalue weighted by atomic mass is 10.1. The summed E-state index contributed by atoms with van der Waals surface area (Å²) in [5, 5.41) is 10.9. The quantitative estimate of drug-likeness (QED) is 0.287. The number of fused-ring (bicyclic) bond motifs is 1. The summed E-state index contributed by atoms with van der Waals surface area (Å²) >= 11 is 0.